The molecule has 0 atom stereocenters. The topological polar surface area (TPSA) is 39.7 Å². The Morgan fingerprint density at radius 1 is 1.10 bits per heavy atom. The van der Waals surface area contributed by atoms with Crippen LogP contribution in [0, 0.1) is 0 Å². The molecule has 0 aliphatic heterocycles. The molecule has 0 saturated heterocycles. The minimum atomic E-state index is 0.601. The van der Waals surface area contributed by atoms with Crippen molar-refractivity contribution in [3.8, 4) is 17.2 Å². The second-order valence-electron chi connectivity index (χ2n) is 4.41. The van der Waals surface area contributed by atoms with E-state index in [0.29, 0.717) is 23.7 Å². The summed E-state index contributed by atoms with van der Waals surface area (Å²) in [4.78, 5) is 0.827. The molecule has 1 N–H and O–H groups in total. The zero-order chi connectivity index (χ0) is 15.0. The van der Waals surface area contributed by atoms with E-state index in [9.17, 15) is 0 Å². The molecule has 0 aliphatic carbocycles. The fourth-order valence-electron chi connectivity index (χ4n) is 1.89. The van der Waals surface area contributed by atoms with E-state index in [-0.39, 0.29) is 0 Å². The third kappa shape index (κ3) is 4.56. The van der Waals surface area contributed by atoms with Crippen LogP contribution in [0.4, 0.5) is 0 Å². The highest BCUT2D eigenvalue weighted by molar-refractivity contribution is 7.80. The monoisotopic (exact) mass is 297 g/mol. The Labute approximate surface area is 126 Å². The highest BCUT2D eigenvalue weighted by Gasteiger charge is 2.13. The average Bonchev–Trinajstić information content (AvgIpc) is 2.46. The number of unbranched alkanes of at least 4 members (excludes halogenated alkanes) is 1. The summed E-state index contributed by atoms with van der Waals surface area (Å²) < 4.78 is 16.0. The SMILES string of the molecule is CCCCNC(=S)Cc1cc(OC)c(OC)c(OC)c1. The van der Waals surface area contributed by atoms with Gasteiger partial charge in [-0.15, -0.1) is 0 Å². The molecule has 0 spiro atoms. The van der Waals surface area contributed by atoms with E-state index in [0.717, 1.165) is 29.9 Å². The number of methoxy groups -OCH3 is 3. The number of rotatable bonds is 8. The van der Waals surface area contributed by atoms with Crippen molar-refractivity contribution < 1.29 is 14.2 Å². The Morgan fingerprint density at radius 3 is 2.15 bits per heavy atom. The van der Waals surface area contributed by atoms with Gasteiger partial charge in [0.1, 0.15) is 0 Å². The lowest BCUT2D eigenvalue weighted by molar-refractivity contribution is 0.324. The van der Waals surface area contributed by atoms with Crippen molar-refractivity contribution in [3.63, 3.8) is 0 Å². The van der Waals surface area contributed by atoms with Crippen LogP contribution >= 0.6 is 12.2 Å². The molecule has 1 aromatic rings. The molecule has 0 aromatic heterocycles. The molecule has 20 heavy (non-hydrogen) atoms. The molecule has 1 aromatic carbocycles. The maximum absolute atomic E-state index is 5.35. The summed E-state index contributed by atoms with van der Waals surface area (Å²) in [7, 11) is 4.81. The standard InChI is InChI=1S/C15H23NO3S/c1-5-6-7-16-14(20)10-11-8-12(17-2)15(19-4)13(9-11)18-3/h8-9H,5-7,10H2,1-4H3,(H,16,20). The van der Waals surface area contributed by atoms with Crippen LogP contribution in [-0.2, 0) is 6.42 Å². The van der Waals surface area contributed by atoms with Crippen molar-refractivity contribution in [3.05, 3.63) is 17.7 Å². The molecule has 0 amide bonds. The quantitative estimate of drug-likeness (QED) is 0.590. The minimum Gasteiger partial charge on any atom is -0.493 e. The molecule has 0 radical (unpaired) electrons. The first kappa shape index (κ1) is 16.6. The van der Waals surface area contributed by atoms with Gasteiger partial charge in [-0.2, -0.15) is 0 Å². The molecule has 0 fully saturated rings. The highest BCUT2D eigenvalue weighted by atomic mass is 32.1. The van der Waals surface area contributed by atoms with Gasteiger partial charge in [-0.1, -0.05) is 25.6 Å². The molecule has 0 bridgehead atoms. The van der Waals surface area contributed by atoms with Crippen molar-refractivity contribution in [1.29, 1.82) is 0 Å². The Morgan fingerprint density at radius 2 is 1.70 bits per heavy atom. The summed E-state index contributed by atoms with van der Waals surface area (Å²) in [5.41, 5.74) is 1.04. The van der Waals surface area contributed by atoms with E-state index in [1.807, 2.05) is 12.1 Å². The van der Waals surface area contributed by atoms with Crippen molar-refractivity contribution in [2.24, 2.45) is 0 Å². The van der Waals surface area contributed by atoms with Crippen molar-refractivity contribution >= 4 is 17.2 Å². The lowest BCUT2D eigenvalue weighted by atomic mass is 10.1. The summed E-state index contributed by atoms with van der Waals surface area (Å²) in [6.07, 6.45) is 2.94. The van der Waals surface area contributed by atoms with E-state index in [1.165, 1.54) is 0 Å². The van der Waals surface area contributed by atoms with Crippen LogP contribution in [0.1, 0.15) is 25.3 Å². The Balaban J connectivity index is 2.82. The van der Waals surface area contributed by atoms with Crippen LogP contribution in [-0.4, -0.2) is 32.9 Å². The minimum absolute atomic E-state index is 0.601. The number of benzene rings is 1. The van der Waals surface area contributed by atoms with Crippen LogP contribution in [0.3, 0.4) is 0 Å². The molecular weight excluding hydrogens is 274 g/mol. The van der Waals surface area contributed by atoms with Gasteiger partial charge in [-0.3, -0.25) is 0 Å². The number of hydrogen-bond acceptors (Lipinski definition) is 4. The van der Waals surface area contributed by atoms with E-state index in [1.54, 1.807) is 21.3 Å². The third-order valence-electron chi connectivity index (χ3n) is 2.94. The third-order valence-corrected chi connectivity index (χ3v) is 3.23. The highest BCUT2D eigenvalue weighted by Crippen LogP contribution is 2.38. The van der Waals surface area contributed by atoms with E-state index in [4.69, 9.17) is 26.4 Å². The predicted octanol–water partition coefficient (Wildman–Crippen LogP) is 2.97. The number of hydrogen-bond donors (Lipinski definition) is 1. The summed E-state index contributed by atoms with van der Waals surface area (Å²) >= 11 is 5.35. The Bertz CT molecular complexity index is 424. The molecule has 0 saturated carbocycles. The van der Waals surface area contributed by atoms with Gasteiger partial charge in [0.15, 0.2) is 11.5 Å². The first-order valence-corrected chi connectivity index (χ1v) is 7.12. The van der Waals surface area contributed by atoms with Crippen LogP contribution in [0.2, 0.25) is 0 Å². The van der Waals surface area contributed by atoms with Crippen LogP contribution in [0.25, 0.3) is 0 Å². The molecular formula is C15H23NO3S. The van der Waals surface area contributed by atoms with Gasteiger partial charge in [0.2, 0.25) is 5.75 Å². The van der Waals surface area contributed by atoms with Crippen LogP contribution in [0.5, 0.6) is 17.2 Å². The fourth-order valence-corrected chi connectivity index (χ4v) is 2.16. The summed E-state index contributed by atoms with van der Waals surface area (Å²) in [6.45, 7) is 3.07. The Kier molecular flexibility index (Phi) is 7.15. The van der Waals surface area contributed by atoms with Crippen molar-refractivity contribution in [1.82, 2.24) is 5.32 Å². The zero-order valence-electron chi connectivity index (χ0n) is 12.6. The fraction of sp³-hybridized carbons (Fsp3) is 0.533. The molecule has 112 valence electrons. The van der Waals surface area contributed by atoms with Crippen molar-refractivity contribution in [2.45, 2.75) is 26.2 Å². The second kappa shape index (κ2) is 8.64. The Hall–Kier alpha value is -1.49. The number of nitrogens with one attached hydrogen (secondary N) is 1. The lowest BCUT2D eigenvalue weighted by Gasteiger charge is -2.14. The average molecular weight is 297 g/mol. The first-order chi connectivity index (χ1) is 9.65. The van der Waals surface area contributed by atoms with Gasteiger partial charge >= 0.3 is 0 Å². The van der Waals surface area contributed by atoms with Gasteiger partial charge in [0, 0.05) is 13.0 Å². The van der Waals surface area contributed by atoms with Gasteiger partial charge in [0.25, 0.3) is 0 Å². The predicted molar refractivity (Wildman–Crippen MR) is 85.3 cm³/mol. The van der Waals surface area contributed by atoms with E-state index < -0.39 is 0 Å². The molecule has 4 nitrogen and oxygen atoms in total. The lowest BCUT2D eigenvalue weighted by Crippen LogP contribution is -2.24. The molecule has 1 rings (SSSR count). The molecule has 5 heteroatoms. The molecule has 0 unspecified atom stereocenters. The summed E-state index contributed by atoms with van der Waals surface area (Å²) in [6, 6.07) is 3.85. The summed E-state index contributed by atoms with van der Waals surface area (Å²) in [5, 5.41) is 3.25. The van der Waals surface area contributed by atoms with E-state index in [2.05, 4.69) is 12.2 Å². The first-order valence-electron chi connectivity index (χ1n) is 6.71. The smallest absolute Gasteiger partial charge is 0.203 e. The van der Waals surface area contributed by atoms with Crippen LogP contribution < -0.4 is 19.5 Å². The molecule has 0 heterocycles. The van der Waals surface area contributed by atoms with Gasteiger partial charge < -0.3 is 19.5 Å². The van der Waals surface area contributed by atoms with E-state index >= 15 is 0 Å². The number of thiocarbonyl (C=S) groups is 1. The van der Waals surface area contributed by atoms with Crippen molar-refractivity contribution in [2.75, 3.05) is 27.9 Å². The van der Waals surface area contributed by atoms with Crippen LogP contribution in [0.15, 0.2) is 12.1 Å². The van der Waals surface area contributed by atoms with Gasteiger partial charge in [-0.25, -0.2) is 0 Å². The number of ether oxygens (including phenoxy) is 3. The zero-order valence-corrected chi connectivity index (χ0v) is 13.4. The van der Waals surface area contributed by atoms with Gasteiger partial charge in [-0.05, 0) is 24.1 Å². The maximum atomic E-state index is 5.35. The summed E-state index contributed by atoms with van der Waals surface area (Å²) in [5.74, 6) is 1.90. The second-order valence-corrected chi connectivity index (χ2v) is 4.91. The maximum Gasteiger partial charge on any atom is 0.203 e. The largest absolute Gasteiger partial charge is 0.493 e. The van der Waals surface area contributed by atoms with Gasteiger partial charge in [0.05, 0.1) is 26.3 Å². The molecule has 0 aliphatic rings. The normalized spacial score (nSPS) is 10.0.